The van der Waals surface area contributed by atoms with E-state index in [-0.39, 0.29) is 18.0 Å². The molecule has 0 fully saturated rings. The fraction of sp³-hybridized carbons (Fsp3) is 0.190. The minimum Gasteiger partial charge on any atom is -0.336 e. The lowest BCUT2D eigenvalue weighted by Gasteiger charge is -2.11. The molecule has 0 unspecified atom stereocenters. The molecule has 8 heteroatoms. The highest BCUT2D eigenvalue weighted by Crippen LogP contribution is 2.30. The van der Waals surface area contributed by atoms with Gasteiger partial charge in [0, 0.05) is 38.9 Å². The number of rotatable bonds is 6. The predicted octanol–water partition coefficient (Wildman–Crippen LogP) is 5.38. The number of carbonyl (C=O) groups excluding carboxylic acids is 2. The number of carbonyl (C=O) groups is 2. The molecule has 0 atom stereocenters. The second-order valence-electron chi connectivity index (χ2n) is 6.67. The molecule has 1 heterocycles. The number of amides is 3. The van der Waals surface area contributed by atoms with E-state index in [1.165, 1.54) is 0 Å². The van der Waals surface area contributed by atoms with E-state index in [2.05, 4.69) is 20.9 Å². The Morgan fingerprint density at radius 1 is 1.03 bits per heavy atom. The Labute approximate surface area is 178 Å². The van der Waals surface area contributed by atoms with Crippen LogP contribution < -0.4 is 16.0 Å². The smallest absolute Gasteiger partial charge is 0.319 e. The molecule has 29 heavy (non-hydrogen) atoms. The van der Waals surface area contributed by atoms with Gasteiger partial charge in [-0.05, 0) is 63.2 Å². The van der Waals surface area contributed by atoms with Crippen molar-refractivity contribution in [1.82, 2.24) is 10.3 Å². The van der Waals surface area contributed by atoms with Crippen molar-refractivity contribution in [3.8, 4) is 0 Å². The first-order valence-corrected chi connectivity index (χ1v) is 10.8. The number of urea groups is 1. The summed E-state index contributed by atoms with van der Waals surface area (Å²) in [6.07, 6.45) is 0. The summed E-state index contributed by atoms with van der Waals surface area (Å²) in [4.78, 5) is 29.9. The number of aromatic nitrogens is 1. The number of benzene rings is 2. The second kappa shape index (κ2) is 9.58. The van der Waals surface area contributed by atoms with Crippen molar-refractivity contribution in [1.29, 1.82) is 0 Å². The van der Waals surface area contributed by atoms with Gasteiger partial charge < -0.3 is 16.0 Å². The Hall–Kier alpha value is -2.84. The van der Waals surface area contributed by atoms with Gasteiger partial charge in [-0.15, -0.1) is 11.3 Å². The van der Waals surface area contributed by atoms with Crippen LogP contribution in [0.2, 0.25) is 0 Å². The minimum atomic E-state index is -0.305. The zero-order chi connectivity index (χ0) is 20.8. The molecule has 150 valence electrons. The Balaban J connectivity index is 1.61. The van der Waals surface area contributed by atoms with Gasteiger partial charge in [-0.3, -0.25) is 4.79 Å². The Morgan fingerprint density at radius 2 is 1.79 bits per heavy atom. The maximum Gasteiger partial charge on any atom is 0.319 e. The first-order valence-electron chi connectivity index (χ1n) is 9.08. The fourth-order valence-corrected chi connectivity index (χ4v) is 4.27. The van der Waals surface area contributed by atoms with Gasteiger partial charge in [0.1, 0.15) is 0 Å². The Bertz CT molecular complexity index is 1000. The van der Waals surface area contributed by atoms with Gasteiger partial charge in [0.15, 0.2) is 4.34 Å². The third-order valence-electron chi connectivity index (χ3n) is 3.72. The lowest BCUT2D eigenvalue weighted by molar-refractivity contribution is 0.102. The minimum absolute atomic E-state index is 0.0298. The zero-order valence-corrected chi connectivity index (χ0v) is 18.0. The van der Waals surface area contributed by atoms with E-state index in [1.54, 1.807) is 47.4 Å². The number of hydrogen-bond acceptors (Lipinski definition) is 5. The van der Waals surface area contributed by atoms with Crippen molar-refractivity contribution in [2.45, 2.75) is 36.0 Å². The Kier molecular flexibility index (Phi) is 6.90. The van der Waals surface area contributed by atoms with Crippen molar-refractivity contribution in [3.63, 3.8) is 0 Å². The Morgan fingerprint density at radius 3 is 2.45 bits per heavy atom. The third kappa shape index (κ3) is 6.33. The largest absolute Gasteiger partial charge is 0.336 e. The van der Waals surface area contributed by atoms with Crippen molar-refractivity contribution in [2.24, 2.45) is 0 Å². The molecule has 0 aliphatic heterocycles. The SMILES string of the molecule is Cc1csc(Sc2ccc(NC(=O)c3cccc(NC(=O)NC(C)C)c3)cc2)n1. The summed E-state index contributed by atoms with van der Waals surface area (Å²) in [6.45, 7) is 5.73. The molecule has 3 rings (SSSR count). The number of nitrogens with zero attached hydrogens (tertiary/aromatic N) is 1. The maximum atomic E-state index is 12.6. The van der Waals surface area contributed by atoms with Gasteiger partial charge in [-0.1, -0.05) is 17.8 Å². The van der Waals surface area contributed by atoms with Crippen LogP contribution in [-0.2, 0) is 0 Å². The van der Waals surface area contributed by atoms with Crippen LogP contribution in [0, 0.1) is 6.92 Å². The molecule has 0 aliphatic rings. The summed E-state index contributed by atoms with van der Waals surface area (Å²) < 4.78 is 0.991. The van der Waals surface area contributed by atoms with E-state index < -0.39 is 0 Å². The van der Waals surface area contributed by atoms with Crippen LogP contribution >= 0.6 is 23.1 Å². The van der Waals surface area contributed by atoms with Crippen molar-refractivity contribution < 1.29 is 9.59 Å². The van der Waals surface area contributed by atoms with E-state index >= 15 is 0 Å². The summed E-state index contributed by atoms with van der Waals surface area (Å²) in [5, 5.41) is 10.4. The molecule has 3 N–H and O–H groups in total. The first kappa shape index (κ1) is 20.9. The summed E-state index contributed by atoms with van der Waals surface area (Å²) in [5.74, 6) is -0.242. The van der Waals surface area contributed by atoms with Gasteiger partial charge in [0.25, 0.3) is 5.91 Å². The van der Waals surface area contributed by atoms with Crippen LogP contribution in [0.4, 0.5) is 16.2 Å². The van der Waals surface area contributed by atoms with Crippen molar-refractivity contribution in [3.05, 3.63) is 65.2 Å². The van der Waals surface area contributed by atoms with Gasteiger partial charge in [0.05, 0.1) is 0 Å². The van der Waals surface area contributed by atoms with E-state index in [0.717, 1.165) is 14.9 Å². The summed E-state index contributed by atoms with van der Waals surface area (Å²) in [7, 11) is 0. The van der Waals surface area contributed by atoms with Crippen LogP contribution in [-0.4, -0.2) is 23.0 Å². The van der Waals surface area contributed by atoms with Gasteiger partial charge in [-0.2, -0.15) is 0 Å². The highest BCUT2D eigenvalue weighted by Gasteiger charge is 2.09. The van der Waals surface area contributed by atoms with Crippen LogP contribution in [0.5, 0.6) is 0 Å². The molecule has 6 nitrogen and oxygen atoms in total. The molecule has 1 aromatic heterocycles. The lowest BCUT2D eigenvalue weighted by Crippen LogP contribution is -2.34. The molecule has 0 spiro atoms. The summed E-state index contributed by atoms with van der Waals surface area (Å²) >= 11 is 3.21. The molecular formula is C21H22N4O2S2. The standard InChI is InChI=1S/C21H22N4O2S2/c1-13(2)22-20(27)25-17-6-4-5-15(11-17)19(26)24-16-7-9-18(10-8-16)29-21-23-14(3)12-28-21/h4-13H,1-3H3,(H,24,26)(H2,22,25,27). The molecule has 0 saturated heterocycles. The molecule has 0 radical (unpaired) electrons. The number of nitrogens with one attached hydrogen (secondary N) is 3. The molecule has 0 bridgehead atoms. The average Bonchev–Trinajstić information content (AvgIpc) is 3.07. The van der Waals surface area contributed by atoms with Crippen LogP contribution in [0.3, 0.4) is 0 Å². The molecule has 2 aromatic carbocycles. The highest BCUT2D eigenvalue weighted by atomic mass is 32.2. The van der Waals surface area contributed by atoms with Crippen LogP contribution in [0.15, 0.2) is 63.1 Å². The monoisotopic (exact) mass is 426 g/mol. The fourth-order valence-electron chi connectivity index (χ4n) is 2.46. The highest BCUT2D eigenvalue weighted by molar-refractivity contribution is 8.01. The molecular weight excluding hydrogens is 404 g/mol. The molecule has 0 saturated carbocycles. The average molecular weight is 427 g/mol. The summed E-state index contributed by atoms with van der Waals surface area (Å²) in [5.41, 5.74) is 2.73. The number of anilines is 2. The van der Waals surface area contributed by atoms with Gasteiger partial charge >= 0.3 is 6.03 Å². The molecule has 3 aromatic rings. The van der Waals surface area contributed by atoms with Crippen LogP contribution in [0.25, 0.3) is 0 Å². The third-order valence-corrected chi connectivity index (χ3v) is 5.78. The van der Waals surface area contributed by atoms with Gasteiger partial charge in [0.2, 0.25) is 0 Å². The topological polar surface area (TPSA) is 83.1 Å². The van der Waals surface area contributed by atoms with E-state index in [1.807, 2.05) is 50.4 Å². The van der Waals surface area contributed by atoms with Crippen molar-refractivity contribution >= 4 is 46.4 Å². The first-order chi connectivity index (χ1) is 13.9. The normalized spacial score (nSPS) is 10.6. The number of thiazole rings is 1. The van der Waals surface area contributed by atoms with E-state index in [0.29, 0.717) is 16.9 Å². The number of aryl methyl sites for hydroxylation is 1. The summed E-state index contributed by atoms with van der Waals surface area (Å²) in [6, 6.07) is 14.2. The zero-order valence-electron chi connectivity index (χ0n) is 16.4. The quantitative estimate of drug-likeness (QED) is 0.494. The second-order valence-corrected chi connectivity index (χ2v) is 8.85. The van der Waals surface area contributed by atoms with Crippen LogP contribution in [0.1, 0.15) is 29.9 Å². The number of hydrogen-bond donors (Lipinski definition) is 3. The van der Waals surface area contributed by atoms with E-state index in [4.69, 9.17) is 0 Å². The molecule has 3 amide bonds. The van der Waals surface area contributed by atoms with Gasteiger partial charge in [-0.25, -0.2) is 9.78 Å². The predicted molar refractivity (Wildman–Crippen MR) is 119 cm³/mol. The van der Waals surface area contributed by atoms with E-state index in [9.17, 15) is 9.59 Å². The molecule has 0 aliphatic carbocycles. The lowest BCUT2D eigenvalue weighted by atomic mass is 10.2. The maximum absolute atomic E-state index is 12.6. The van der Waals surface area contributed by atoms with Crippen molar-refractivity contribution in [2.75, 3.05) is 10.6 Å².